The van der Waals surface area contributed by atoms with E-state index in [1.165, 1.54) is 4.68 Å². The predicted octanol–water partition coefficient (Wildman–Crippen LogP) is -0.721. The van der Waals surface area contributed by atoms with Crippen LogP contribution in [0.5, 0.6) is 0 Å². The average molecular weight is 303 g/mol. The first-order valence-electron chi connectivity index (χ1n) is 7.03. The van der Waals surface area contributed by atoms with Crippen LogP contribution in [0.4, 0.5) is 5.95 Å². The van der Waals surface area contributed by atoms with Gasteiger partial charge in [0.1, 0.15) is 6.54 Å². The van der Waals surface area contributed by atoms with Crippen LogP contribution in [-0.4, -0.2) is 42.3 Å². The van der Waals surface area contributed by atoms with Gasteiger partial charge in [0.25, 0.3) is 0 Å². The number of amides is 1. The minimum absolute atomic E-state index is 0.0581. The van der Waals surface area contributed by atoms with Gasteiger partial charge in [-0.2, -0.15) is 0 Å². The molecule has 2 aromatic heterocycles. The van der Waals surface area contributed by atoms with Crippen molar-refractivity contribution in [1.29, 1.82) is 0 Å². The molecule has 0 aliphatic heterocycles. The number of rotatable bonds is 5. The molecule has 1 saturated carbocycles. The Bertz CT molecular complexity index is 639. The zero-order valence-electron chi connectivity index (χ0n) is 11.8. The number of aliphatic hydroxyl groups is 1. The van der Waals surface area contributed by atoms with Gasteiger partial charge in [-0.3, -0.25) is 9.78 Å². The van der Waals surface area contributed by atoms with E-state index in [4.69, 9.17) is 5.73 Å². The summed E-state index contributed by atoms with van der Waals surface area (Å²) in [6.07, 6.45) is 2.68. The Hall–Kier alpha value is -2.55. The van der Waals surface area contributed by atoms with Crippen molar-refractivity contribution < 1.29 is 9.90 Å². The van der Waals surface area contributed by atoms with E-state index >= 15 is 0 Å². The van der Waals surface area contributed by atoms with Gasteiger partial charge in [0, 0.05) is 6.20 Å². The SMILES string of the molecule is Nc1nnnn1CC(=O)N[C@@H](c1ccccn1)C1CC(O)C1. The van der Waals surface area contributed by atoms with Gasteiger partial charge in [0.05, 0.1) is 17.8 Å². The molecule has 116 valence electrons. The molecule has 4 N–H and O–H groups in total. The van der Waals surface area contributed by atoms with Crippen molar-refractivity contribution in [2.75, 3.05) is 5.73 Å². The van der Waals surface area contributed by atoms with Gasteiger partial charge in [-0.1, -0.05) is 11.2 Å². The van der Waals surface area contributed by atoms with Gasteiger partial charge in [-0.05, 0) is 41.3 Å². The second-order valence-electron chi connectivity index (χ2n) is 5.38. The summed E-state index contributed by atoms with van der Waals surface area (Å²) in [6, 6.07) is 5.31. The molecule has 0 radical (unpaired) electrons. The van der Waals surface area contributed by atoms with Crippen molar-refractivity contribution in [3.8, 4) is 0 Å². The molecule has 1 atom stereocenters. The minimum atomic E-state index is -0.303. The molecule has 0 aromatic carbocycles. The van der Waals surface area contributed by atoms with Crippen LogP contribution < -0.4 is 11.1 Å². The smallest absolute Gasteiger partial charge is 0.242 e. The van der Waals surface area contributed by atoms with Crippen LogP contribution in [0.2, 0.25) is 0 Å². The lowest BCUT2D eigenvalue weighted by atomic mass is 9.76. The Morgan fingerprint density at radius 1 is 1.50 bits per heavy atom. The van der Waals surface area contributed by atoms with Gasteiger partial charge in [-0.15, -0.1) is 0 Å². The van der Waals surface area contributed by atoms with E-state index in [1.54, 1.807) is 6.20 Å². The average Bonchev–Trinajstić information content (AvgIpc) is 2.88. The second-order valence-corrected chi connectivity index (χ2v) is 5.38. The summed E-state index contributed by atoms with van der Waals surface area (Å²) in [5, 5.41) is 23.0. The van der Waals surface area contributed by atoms with Crippen LogP contribution in [0.3, 0.4) is 0 Å². The monoisotopic (exact) mass is 303 g/mol. The number of aliphatic hydroxyl groups excluding tert-OH is 1. The number of nitrogens with one attached hydrogen (secondary N) is 1. The molecule has 0 spiro atoms. The molecule has 1 fully saturated rings. The Morgan fingerprint density at radius 3 is 2.91 bits per heavy atom. The third-order valence-corrected chi connectivity index (χ3v) is 3.80. The molecule has 0 bridgehead atoms. The molecule has 0 unspecified atom stereocenters. The largest absolute Gasteiger partial charge is 0.393 e. The molecular formula is C13H17N7O2. The first-order valence-corrected chi connectivity index (χ1v) is 7.03. The Labute approximate surface area is 126 Å². The molecule has 1 amide bonds. The van der Waals surface area contributed by atoms with Gasteiger partial charge in [-0.25, -0.2) is 4.68 Å². The second kappa shape index (κ2) is 6.06. The number of pyridine rings is 1. The fraction of sp³-hybridized carbons (Fsp3) is 0.462. The molecule has 2 heterocycles. The Morgan fingerprint density at radius 2 is 2.32 bits per heavy atom. The highest BCUT2D eigenvalue weighted by molar-refractivity contribution is 5.76. The van der Waals surface area contributed by atoms with Crippen LogP contribution in [0.15, 0.2) is 24.4 Å². The number of tetrazole rings is 1. The maximum Gasteiger partial charge on any atom is 0.242 e. The van der Waals surface area contributed by atoms with Crippen LogP contribution in [0, 0.1) is 5.92 Å². The number of aromatic nitrogens is 5. The van der Waals surface area contributed by atoms with Crippen molar-refractivity contribution in [2.45, 2.75) is 31.5 Å². The van der Waals surface area contributed by atoms with Crippen molar-refractivity contribution in [3.05, 3.63) is 30.1 Å². The van der Waals surface area contributed by atoms with E-state index in [9.17, 15) is 9.90 Å². The summed E-state index contributed by atoms with van der Waals surface area (Å²) in [6.45, 7) is -0.0581. The number of carbonyl (C=O) groups excluding carboxylic acids is 1. The van der Waals surface area contributed by atoms with E-state index in [0.717, 1.165) is 5.69 Å². The summed E-state index contributed by atoms with van der Waals surface area (Å²) in [7, 11) is 0. The number of nitrogens with zero attached hydrogens (tertiary/aromatic N) is 5. The lowest BCUT2D eigenvalue weighted by Gasteiger charge is -2.37. The van der Waals surface area contributed by atoms with E-state index in [2.05, 4.69) is 25.8 Å². The summed E-state index contributed by atoms with van der Waals surface area (Å²) in [4.78, 5) is 16.5. The molecule has 22 heavy (non-hydrogen) atoms. The van der Waals surface area contributed by atoms with E-state index < -0.39 is 0 Å². The standard InChI is InChI=1S/C13H17N7O2/c14-13-17-18-19-20(13)7-11(22)16-12(8-5-9(21)6-8)10-3-1-2-4-15-10/h1-4,8-9,12,21H,5-7H2,(H,16,22)(H2,14,17,19)/t8?,9?,12-/m1/s1. The fourth-order valence-corrected chi connectivity index (χ4v) is 2.57. The van der Waals surface area contributed by atoms with E-state index in [-0.39, 0.29) is 36.5 Å². The third-order valence-electron chi connectivity index (χ3n) is 3.80. The zero-order chi connectivity index (χ0) is 15.5. The van der Waals surface area contributed by atoms with Crippen molar-refractivity contribution >= 4 is 11.9 Å². The summed E-state index contributed by atoms with van der Waals surface area (Å²) in [5.74, 6) is -0.000265. The number of nitrogen functional groups attached to an aromatic ring is 1. The normalized spacial score (nSPS) is 21.9. The predicted molar refractivity (Wildman–Crippen MR) is 76.1 cm³/mol. The molecule has 9 heteroatoms. The Kier molecular flexibility index (Phi) is 3.96. The first kappa shape index (κ1) is 14.4. The molecular weight excluding hydrogens is 286 g/mol. The number of carbonyl (C=O) groups is 1. The minimum Gasteiger partial charge on any atom is -0.393 e. The van der Waals surface area contributed by atoms with E-state index in [0.29, 0.717) is 12.8 Å². The van der Waals surface area contributed by atoms with Crippen molar-refractivity contribution in [3.63, 3.8) is 0 Å². The summed E-state index contributed by atoms with van der Waals surface area (Å²) >= 11 is 0. The van der Waals surface area contributed by atoms with Crippen molar-refractivity contribution in [1.82, 2.24) is 30.5 Å². The topological polar surface area (TPSA) is 132 Å². The lowest BCUT2D eigenvalue weighted by molar-refractivity contribution is -0.123. The highest BCUT2D eigenvalue weighted by Crippen LogP contribution is 2.37. The fourth-order valence-electron chi connectivity index (χ4n) is 2.57. The van der Waals surface area contributed by atoms with Crippen LogP contribution >= 0.6 is 0 Å². The Balaban J connectivity index is 1.70. The number of hydrogen-bond acceptors (Lipinski definition) is 7. The molecule has 9 nitrogen and oxygen atoms in total. The van der Waals surface area contributed by atoms with Crippen LogP contribution in [0.25, 0.3) is 0 Å². The van der Waals surface area contributed by atoms with Gasteiger partial charge < -0.3 is 16.2 Å². The number of anilines is 1. The first-order chi connectivity index (χ1) is 10.6. The van der Waals surface area contributed by atoms with Crippen LogP contribution in [-0.2, 0) is 11.3 Å². The van der Waals surface area contributed by atoms with Gasteiger partial charge in [0.15, 0.2) is 0 Å². The highest BCUT2D eigenvalue weighted by atomic mass is 16.3. The third kappa shape index (κ3) is 3.03. The molecule has 0 saturated heterocycles. The summed E-state index contributed by atoms with van der Waals surface area (Å²) < 4.78 is 1.22. The molecule has 1 aliphatic rings. The maximum atomic E-state index is 12.2. The molecule has 3 rings (SSSR count). The quantitative estimate of drug-likeness (QED) is 0.664. The maximum absolute atomic E-state index is 12.2. The molecule has 1 aliphatic carbocycles. The lowest BCUT2D eigenvalue weighted by Crippen LogP contribution is -2.42. The number of hydrogen-bond donors (Lipinski definition) is 3. The molecule has 2 aromatic rings. The van der Waals surface area contributed by atoms with Gasteiger partial charge >= 0.3 is 0 Å². The van der Waals surface area contributed by atoms with Crippen molar-refractivity contribution in [2.24, 2.45) is 5.92 Å². The summed E-state index contributed by atoms with van der Waals surface area (Å²) in [5.41, 5.74) is 6.32. The van der Waals surface area contributed by atoms with Crippen LogP contribution in [0.1, 0.15) is 24.6 Å². The van der Waals surface area contributed by atoms with Gasteiger partial charge in [0.2, 0.25) is 11.9 Å². The zero-order valence-corrected chi connectivity index (χ0v) is 11.8. The highest BCUT2D eigenvalue weighted by Gasteiger charge is 2.36. The number of nitrogens with two attached hydrogens (primary N) is 1. The van der Waals surface area contributed by atoms with E-state index in [1.807, 2.05) is 18.2 Å².